The fourth-order valence-corrected chi connectivity index (χ4v) is 1.91. The van der Waals surface area contributed by atoms with Gasteiger partial charge in [-0.3, -0.25) is 0 Å². The minimum absolute atomic E-state index is 0.287. The number of amides is 1. The molecule has 4 nitrogen and oxygen atoms in total. The van der Waals surface area contributed by atoms with Gasteiger partial charge in [-0.05, 0) is 33.6 Å². The van der Waals surface area contributed by atoms with Gasteiger partial charge in [0, 0.05) is 19.1 Å². The van der Waals surface area contributed by atoms with Gasteiger partial charge in [0.15, 0.2) is 0 Å². The van der Waals surface area contributed by atoms with Crippen LogP contribution in [0.4, 0.5) is 4.79 Å². The van der Waals surface area contributed by atoms with Crippen molar-refractivity contribution in [2.75, 3.05) is 13.2 Å². The number of hydrogen-bond acceptors (Lipinski definition) is 3. The molecule has 0 aliphatic carbocycles. The summed E-state index contributed by atoms with van der Waals surface area (Å²) in [7, 11) is 0. The van der Waals surface area contributed by atoms with E-state index in [-0.39, 0.29) is 12.2 Å². The van der Waals surface area contributed by atoms with Crippen molar-refractivity contribution in [3.63, 3.8) is 0 Å². The van der Waals surface area contributed by atoms with Crippen LogP contribution in [0.15, 0.2) is 0 Å². The Morgan fingerprint density at radius 3 is 2.75 bits per heavy atom. The average Bonchev–Trinajstić information content (AvgIpc) is 2.59. The molecule has 2 unspecified atom stereocenters. The predicted octanol–water partition coefficient (Wildman–Crippen LogP) is 2.33. The van der Waals surface area contributed by atoms with Crippen LogP contribution < -0.4 is 5.32 Å². The molecule has 16 heavy (non-hydrogen) atoms. The smallest absolute Gasteiger partial charge is 0.407 e. The van der Waals surface area contributed by atoms with E-state index >= 15 is 0 Å². The lowest BCUT2D eigenvalue weighted by molar-refractivity contribution is 0.0495. The Morgan fingerprint density at radius 2 is 2.19 bits per heavy atom. The molecule has 0 saturated carbocycles. The molecule has 1 rings (SSSR count). The third-order valence-corrected chi connectivity index (χ3v) is 2.66. The quantitative estimate of drug-likeness (QED) is 0.808. The molecule has 1 heterocycles. The highest BCUT2D eigenvalue weighted by Gasteiger charge is 2.27. The molecule has 0 aromatic heterocycles. The third kappa shape index (κ3) is 4.39. The molecule has 0 bridgehead atoms. The Morgan fingerprint density at radius 1 is 1.50 bits per heavy atom. The highest BCUT2D eigenvalue weighted by atomic mass is 16.6. The summed E-state index contributed by atoms with van der Waals surface area (Å²) in [5, 5.41) is 2.80. The lowest BCUT2D eigenvalue weighted by Gasteiger charge is -2.21. The maximum atomic E-state index is 11.4. The topological polar surface area (TPSA) is 47.6 Å². The van der Waals surface area contributed by atoms with E-state index in [0.717, 1.165) is 19.4 Å². The van der Waals surface area contributed by atoms with Crippen molar-refractivity contribution < 1.29 is 14.3 Å². The number of rotatable bonds is 3. The first kappa shape index (κ1) is 13.3. The van der Waals surface area contributed by atoms with Crippen LogP contribution in [-0.4, -0.2) is 30.9 Å². The van der Waals surface area contributed by atoms with Crippen LogP contribution in [0.3, 0.4) is 0 Å². The van der Waals surface area contributed by atoms with Crippen LogP contribution in [0.1, 0.15) is 40.5 Å². The van der Waals surface area contributed by atoms with E-state index in [4.69, 9.17) is 9.47 Å². The summed E-state index contributed by atoms with van der Waals surface area (Å²) >= 11 is 0. The molecule has 1 amide bonds. The average molecular weight is 229 g/mol. The second-order valence-electron chi connectivity index (χ2n) is 5.25. The zero-order valence-electron chi connectivity index (χ0n) is 10.7. The number of ether oxygens (including phenoxy) is 2. The van der Waals surface area contributed by atoms with Gasteiger partial charge in [-0.2, -0.15) is 0 Å². The van der Waals surface area contributed by atoms with E-state index in [1.165, 1.54) is 0 Å². The maximum Gasteiger partial charge on any atom is 0.407 e. The van der Waals surface area contributed by atoms with Crippen molar-refractivity contribution in [2.24, 2.45) is 5.92 Å². The van der Waals surface area contributed by atoms with Crippen LogP contribution in [-0.2, 0) is 9.47 Å². The number of carbonyl (C=O) groups is 1. The van der Waals surface area contributed by atoms with Crippen molar-refractivity contribution in [1.82, 2.24) is 5.32 Å². The summed E-state index contributed by atoms with van der Waals surface area (Å²) < 4.78 is 10.7. The SMILES string of the molecule is CCC1OCCC1CNC(=O)OC(C)(C)C. The van der Waals surface area contributed by atoms with Gasteiger partial charge < -0.3 is 14.8 Å². The van der Waals surface area contributed by atoms with Crippen LogP contribution in [0.5, 0.6) is 0 Å². The second-order valence-corrected chi connectivity index (χ2v) is 5.25. The Kier molecular flexibility index (Phi) is 4.59. The normalized spacial score (nSPS) is 25.5. The van der Waals surface area contributed by atoms with E-state index in [1.54, 1.807) is 0 Å². The third-order valence-electron chi connectivity index (χ3n) is 2.66. The van der Waals surface area contributed by atoms with Gasteiger partial charge in [0.2, 0.25) is 0 Å². The molecular weight excluding hydrogens is 206 g/mol. The summed E-state index contributed by atoms with van der Waals surface area (Å²) in [4.78, 5) is 11.4. The zero-order valence-corrected chi connectivity index (χ0v) is 10.7. The second kappa shape index (κ2) is 5.53. The maximum absolute atomic E-state index is 11.4. The van der Waals surface area contributed by atoms with E-state index < -0.39 is 5.60 Å². The molecule has 1 fully saturated rings. The number of alkyl carbamates (subject to hydrolysis) is 1. The molecule has 0 spiro atoms. The van der Waals surface area contributed by atoms with Gasteiger partial charge in [-0.1, -0.05) is 6.92 Å². The number of hydrogen-bond donors (Lipinski definition) is 1. The van der Waals surface area contributed by atoms with Gasteiger partial charge in [0.25, 0.3) is 0 Å². The van der Waals surface area contributed by atoms with Crippen LogP contribution in [0.25, 0.3) is 0 Å². The highest BCUT2D eigenvalue weighted by molar-refractivity contribution is 5.67. The summed E-state index contributed by atoms with van der Waals surface area (Å²) in [5.41, 5.74) is -0.430. The Hall–Kier alpha value is -0.770. The van der Waals surface area contributed by atoms with Gasteiger partial charge in [0.1, 0.15) is 5.60 Å². The van der Waals surface area contributed by atoms with Gasteiger partial charge >= 0.3 is 6.09 Å². The van der Waals surface area contributed by atoms with Crippen LogP contribution >= 0.6 is 0 Å². The first-order valence-corrected chi connectivity index (χ1v) is 6.01. The molecule has 4 heteroatoms. The minimum Gasteiger partial charge on any atom is -0.444 e. The molecule has 1 N–H and O–H groups in total. The predicted molar refractivity (Wildman–Crippen MR) is 62.4 cm³/mol. The largest absolute Gasteiger partial charge is 0.444 e. The van der Waals surface area contributed by atoms with E-state index in [2.05, 4.69) is 12.2 Å². The minimum atomic E-state index is -0.430. The van der Waals surface area contributed by atoms with Crippen LogP contribution in [0.2, 0.25) is 0 Å². The first-order valence-electron chi connectivity index (χ1n) is 6.01. The van der Waals surface area contributed by atoms with Gasteiger partial charge in [-0.25, -0.2) is 4.79 Å². The molecule has 0 aromatic carbocycles. The van der Waals surface area contributed by atoms with E-state index in [0.29, 0.717) is 12.5 Å². The van der Waals surface area contributed by atoms with Crippen molar-refractivity contribution in [1.29, 1.82) is 0 Å². The molecule has 0 radical (unpaired) electrons. The number of nitrogens with one attached hydrogen (secondary N) is 1. The molecule has 1 saturated heterocycles. The summed E-state index contributed by atoms with van der Waals surface area (Å²) in [6.45, 7) is 9.14. The highest BCUT2D eigenvalue weighted by Crippen LogP contribution is 2.22. The molecule has 94 valence electrons. The molecule has 1 aliphatic heterocycles. The van der Waals surface area contributed by atoms with E-state index in [1.807, 2.05) is 20.8 Å². The number of carbonyl (C=O) groups excluding carboxylic acids is 1. The Labute approximate surface area is 97.7 Å². The fraction of sp³-hybridized carbons (Fsp3) is 0.917. The first-order chi connectivity index (χ1) is 7.42. The summed E-state index contributed by atoms with van der Waals surface area (Å²) in [5.74, 6) is 0.428. The lowest BCUT2D eigenvalue weighted by atomic mass is 10.00. The summed E-state index contributed by atoms with van der Waals surface area (Å²) in [6, 6.07) is 0. The van der Waals surface area contributed by atoms with E-state index in [9.17, 15) is 4.79 Å². The molecule has 1 aliphatic rings. The Bertz CT molecular complexity index is 235. The monoisotopic (exact) mass is 229 g/mol. The molecule has 0 aromatic rings. The van der Waals surface area contributed by atoms with Crippen LogP contribution in [0, 0.1) is 5.92 Å². The molecular formula is C12H23NO3. The van der Waals surface area contributed by atoms with Gasteiger partial charge in [-0.15, -0.1) is 0 Å². The lowest BCUT2D eigenvalue weighted by Crippen LogP contribution is -2.37. The van der Waals surface area contributed by atoms with Crippen molar-refractivity contribution >= 4 is 6.09 Å². The zero-order chi connectivity index (χ0) is 12.2. The van der Waals surface area contributed by atoms with Crippen molar-refractivity contribution in [3.8, 4) is 0 Å². The van der Waals surface area contributed by atoms with Gasteiger partial charge in [0.05, 0.1) is 6.10 Å². The molecule has 2 atom stereocenters. The fourth-order valence-electron chi connectivity index (χ4n) is 1.91. The Balaban J connectivity index is 2.26. The summed E-state index contributed by atoms with van der Waals surface area (Å²) in [6.07, 6.45) is 1.97. The van der Waals surface area contributed by atoms with Crippen molar-refractivity contribution in [3.05, 3.63) is 0 Å². The standard InChI is InChI=1S/C12H23NO3/c1-5-10-9(6-7-15-10)8-13-11(14)16-12(2,3)4/h9-10H,5-8H2,1-4H3,(H,13,14). The van der Waals surface area contributed by atoms with Crippen molar-refractivity contribution in [2.45, 2.75) is 52.2 Å².